The van der Waals surface area contributed by atoms with Crippen molar-refractivity contribution in [3.05, 3.63) is 0 Å². The van der Waals surface area contributed by atoms with Gasteiger partial charge in [0, 0.05) is 25.2 Å². The summed E-state index contributed by atoms with van der Waals surface area (Å²) in [4.78, 5) is 0. The zero-order valence-corrected chi connectivity index (χ0v) is 11.8. The van der Waals surface area contributed by atoms with Crippen LogP contribution in [0.3, 0.4) is 0 Å². The standard InChI is InChI=1S/C11H24N2O2S/c1-10(2)8-11(3,4)13(16(5,14)15)7-6-12-9-10/h12H,6-9H2,1-5H3. The maximum atomic E-state index is 11.8. The van der Waals surface area contributed by atoms with Crippen LogP contribution in [0.15, 0.2) is 0 Å². The van der Waals surface area contributed by atoms with Crippen LogP contribution in [0.1, 0.15) is 34.1 Å². The third kappa shape index (κ3) is 3.43. The molecule has 1 saturated heterocycles. The van der Waals surface area contributed by atoms with Gasteiger partial charge in [-0.15, -0.1) is 0 Å². The van der Waals surface area contributed by atoms with Crippen LogP contribution in [0.4, 0.5) is 0 Å². The van der Waals surface area contributed by atoms with E-state index in [1.54, 1.807) is 4.31 Å². The molecule has 0 aromatic heterocycles. The van der Waals surface area contributed by atoms with Gasteiger partial charge in [-0.25, -0.2) is 8.42 Å². The number of rotatable bonds is 1. The molecule has 5 heteroatoms. The Kier molecular flexibility index (Phi) is 3.72. The van der Waals surface area contributed by atoms with Gasteiger partial charge in [-0.3, -0.25) is 0 Å². The van der Waals surface area contributed by atoms with Gasteiger partial charge in [0.1, 0.15) is 0 Å². The Morgan fingerprint density at radius 2 is 1.75 bits per heavy atom. The minimum absolute atomic E-state index is 0.118. The van der Waals surface area contributed by atoms with Gasteiger partial charge in [0.2, 0.25) is 10.0 Å². The van der Waals surface area contributed by atoms with Crippen molar-refractivity contribution in [3.63, 3.8) is 0 Å². The van der Waals surface area contributed by atoms with E-state index in [4.69, 9.17) is 0 Å². The summed E-state index contributed by atoms with van der Waals surface area (Å²) >= 11 is 0. The first kappa shape index (κ1) is 13.9. The first-order valence-electron chi connectivity index (χ1n) is 5.73. The summed E-state index contributed by atoms with van der Waals surface area (Å²) in [6, 6.07) is 0. The fourth-order valence-corrected chi connectivity index (χ4v) is 4.23. The summed E-state index contributed by atoms with van der Waals surface area (Å²) in [5.41, 5.74) is -0.188. The van der Waals surface area contributed by atoms with Crippen molar-refractivity contribution in [3.8, 4) is 0 Å². The van der Waals surface area contributed by atoms with Gasteiger partial charge in [0.25, 0.3) is 0 Å². The van der Waals surface area contributed by atoms with Crippen molar-refractivity contribution >= 4 is 10.0 Å². The van der Waals surface area contributed by atoms with Crippen LogP contribution in [0.5, 0.6) is 0 Å². The van der Waals surface area contributed by atoms with Crippen LogP contribution in [0.25, 0.3) is 0 Å². The third-order valence-corrected chi connectivity index (χ3v) is 4.56. The second-order valence-electron chi connectivity index (χ2n) is 6.17. The summed E-state index contributed by atoms with van der Waals surface area (Å²) in [7, 11) is -3.13. The zero-order chi connectivity index (χ0) is 12.6. The van der Waals surface area contributed by atoms with E-state index < -0.39 is 10.0 Å². The predicted molar refractivity (Wildman–Crippen MR) is 66.9 cm³/mol. The third-order valence-electron chi connectivity index (χ3n) is 3.08. The van der Waals surface area contributed by atoms with Crippen LogP contribution in [-0.4, -0.2) is 44.2 Å². The highest BCUT2D eigenvalue weighted by molar-refractivity contribution is 7.88. The van der Waals surface area contributed by atoms with Gasteiger partial charge >= 0.3 is 0 Å². The average molecular weight is 248 g/mol. The van der Waals surface area contributed by atoms with Crippen LogP contribution in [0.2, 0.25) is 0 Å². The molecule has 16 heavy (non-hydrogen) atoms. The SMILES string of the molecule is CC1(C)CNCCN(S(C)(=O)=O)C(C)(C)C1. The average Bonchev–Trinajstić information content (AvgIpc) is 1.95. The molecule has 0 unspecified atom stereocenters. The number of nitrogens with one attached hydrogen (secondary N) is 1. The lowest BCUT2D eigenvalue weighted by Crippen LogP contribution is -2.55. The Bertz CT molecular complexity index is 347. The van der Waals surface area contributed by atoms with Crippen LogP contribution < -0.4 is 5.32 Å². The van der Waals surface area contributed by atoms with E-state index in [-0.39, 0.29) is 11.0 Å². The van der Waals surface area contributed by atoms with E-state index in [0.717, 1.165) is 19.5 Å². The van der Waals surface area contributed by atoms with Gasteiger partial charge in [0.15, 0.2) is 0 Å². The maximum absolute atomic E-state index is 11.8. The summed E-state index contributed by atoms with van der Waals surface area (Å²) in [6.07, 6.45) is 2.16. The molecular formula is C11H24N2O2S. The summed E-state index contributed by atoms with van der Waals surface area (Å²) < 4.78 is 25.2. The van der Waals surface area contributed by atoms with Crippen molar-refractivity contribution in [2.45, 2.75) is 39.7 Å². The van der Waals surface area contributed by atoms with Crippen LogP contribution in [0, 0.1) is 5.41 Å². The quantitative estimate of drug-likeness (QED) is 0.754. The van der Waals surface area contributed by atoms with Gasteiger partial charge in [-0.1, -0.05) is 13.8 Å². The van der Waals surface area contributed by atoms with Gasteiger partial charge < -0.3 is 5.32 Å². The highest BCUT2D eigenvalue weighted by Gasteiger charge is 2.39. The molecule has 96 valence electrons. The minimum atomic E-state index is -3.13. The monoisotopic (exact) mass is 248 g/mol. The molecule has 0 aromatic rings. The first-order valence-corrected chi connectivity index (χ1v) is 7.58. The first-order chi connectivity index (χ1) is 7.05. The topological polar surface area (TPSA) is 49.4 Å². The molecular weight excluding hydrogens is 224 g/mol. The smallest absolute Gasteiger partial charge is 0.211 e. The highest BCUT2D eigenvalue weighted by Crippen LogP contribution is 2.33. The molecule has 0 bridgehead atoms. The Morgan fingerprint density at radius 3 is 2.25 bits per heavy atom. The van der Waals surface area contributed by atoms with E-state index in [2.05, 4.69) is 19.2 Å². The molecule has 1 fully saturated rings. The van der Waals surface area contributed by atoms with Crippen molar-refractivity contribution in [1.29, 1.82) is 0 Å². The van der Waals surface area contributed by atoms with Gasteiger partial charge in [0.05, 0.1) is 6.26 Å². The summed E-state index contributed by atoms with van der Waals surface area (Å²) in [5, 5.41) is 3.31. The molecule has 0 saturated carbocycles. The molecule has 1 rings (SSSR count). The number of hydrogen-bond acceptors (Lipinski definition) is 3. The summed E-state index contributed by atoms with van der Waals surface area (Å²) in [6.45, 7) is 10.6. The fourth-order valence-electron chi connectivity index (χ4n) is 2.85. The molecule has 4 nitrogen and oxygen atoms in total. The molecule has 0 radical (unpaired) electrons. The Hall–Kier alpha value is -0.130. The number of hydrogen-bond donors (Lipinski definition) is 1. The van der Waals surface area contributed by atoms with Crippen molar-refractivity contribution in [2.75, 3.05) is 25.9 Å². The lowest BCUT2D eigenvalue weighted by atomic mass is 9.79. The molecule has 0 amide bonds. The Balaban J connectivity index is 3.01. The number of nitrogens with zero attached hydrogens (tertiary/aromatic N) is 1. The summed E-state index contributed by atoms with van der Waals surface area (Å²) in [5.74, 6) is 0. The van der Waals surface area contributed by atoms with Crippen molar-refractivity contribution in [1.82, 2.24) is 9.62 Å². The lowest BCUT2D eigenvalue weighted by Gasteiger charge is -2.44. The molecule has 1 aliphatic rings. The molecule has 0 atom stereocenters. The highest BCUT2D eigenvalue weighted by atomic mass is 32.2. The van der Waals surface area contributed by atoms with E-state index >= 15 is 0 Å². The molecule has 0 aromatic carbocycles. The van der Waals surface area contributed by atoms with Crippen LogP contribution in [-0.2, 0) is 10.0 Å². The molecule has 1 aliphatic heterocycles. The molecule has 0 spiro atoms. The Morgan fingerprint density at radius 1 is 1.19 bits per heavy atom. The normalized spacial score (nSPS) is 27.1. The maximum Gasteiger partial charge on any atom is 0.211 e. The molecule has 1 N–H and O–H groups in total. The van der Waals surface area contributed by atoms with E-state index in [9.17, 15) is 8.42 Å². The minimum Gasteiger partial charge on any atom is -0.315 e. The second kappa shape index (κ2) is 4.27. The van der Waals surface area contributed by atoms with E-state index in [1.807, 2.05) is 13.8 Å². The fraction of sp³-hybridized carbons (Fsp3) is 1.00. The van der Waals surface area contributed by atoms with Gasteiger partial charge in [-0.05, 0) is 25.7 Å². The molecule has 0 aliphatic carbocycles. The predicted octanol–water partition coefficient (Wildman–Crippen LogP) is 1.05. The van der Waals surface area contributed by atoms with Gasteiger partial charge in [-0.2, -0.15) is 4.31 Å². The Labute approximate surface area is 99.5 Å². The largest absolute Gasteiger partial charge is 0.315 e. The van der Waals surface area contributed by atoms with Crippen molar-refractivity contribution in [2.24, 2.45) is 5.41 Å². The zero-order valence-electron chi connectivity index (χ0n) is 11.0. The number of sulfonamides is 1. The van der Waals surface area contributed by atoms with E-state index in [1.165, 1.54) is 6.26 Å². The molecule has 1 heterocycles. The lowest BCUT2D eigenvalue weighted by molar-refractivity contribution is 0.125. The van der Waals surface area contributed by atoms with Crippen LogP contribution >= 0.6 is 0 Å². The van der Waals surface area contributed by atoms with Crippen molar-refractivity contribution < 1.29 is 8.42 Å². The second-order valence-corrected chi connectivity index (χ2v) is 8.07. The van der Waals surface area contributed by atoms with E-state index in [0.29, 0.717) is 6.54 Å².